The largest absolute Gasteiger partial charge is 0.466 e. The van der Waals surface area contributed by atoms with E-state index in [4.69, 9.17) is 4.42 Å². The number of likely N-dealkylation sites (tertiary alicyclic amines) is 1. The summed E-state index contributed by atoms with van der Waals surface area (Å²) in [4.78, 5) is 31.6. The molecule has 1 N–H and O–H groups in total. The van der Waals surface area contributed by atoms with Gasteiger partial charge in [-0.3, -0.25) is 9.59 Å². The molecule has 1 aliphatic heterocycles. The molecular weight excluding hydrogens is 428 g/mol. The summed E-state index contributed by atoms with van der Waals surface area (Å²) in [6.07, 6.45) is 7.40. The predicted molar refractivity (Wildman–Crippen MR) is 129 cm³/mol. The number of nitrogens with zero attached hydrogens (tertiary/aromatic N) is 3. The second-order valence-corrected chi connectivity index (χ2v) is 8.93. The summed E-state index contributed by atoms with van der Waals surface area (Å²) in [5, 5.41) is 2.98. The number of hydrogen-bond acceptors (Lipinski definition) is 4. The Morgan fingerprint density at radius 1 is 1.06 bits per heavy atom. The van der Waals surface area contributed by atoms with Crippen molar-refractivity contribution in [2.24, 2.45) is 0 Å². The molecule has 3 aromatic heterocycles. The minimum absolute atomic E-state index is 0.0479. The highest BCUT2D eigenvalue weighted by Gasteiger charge is 2.26. The molecule has 1 saturated heterocycles. The molecule has 7 nitrogen and oxygen atoms in total. The van der Waals surface area contributed by atoms with E-state index in [1.807, 2.05) is 78.0 Å². The number of nitrogens with one attached hydrogen (secondary N) is 1. The van der Waals surface area contributed by atoms with Crippen LogP contribution in [0.1, 0.15) is 62.1 Å². The highest BCUT2D eigenvalue weighted by Crippen LogP contribution is 2.29. The van der Waals surface area contributed by atoms with Crippen LogP contribution in [0.2, 0.25) is 0 Å². The Bertz CT molecular complexity index is 1330. The fourth-order valence-corrected chi connectivity index (χ4v) is 4.68. The summed E-state index contributed by atoms with van der Waals surface area (Å²) in [5.41, 5.74) is 4.38. The first-order valence-corrected chi connectivity index (χ1v) is 11.6. The van der Waals surface area contributed by atoms with E-state index in [0.717, 1.165) is 42.9 Å². The number of piperidine rings is 1. The van der Waals surface area contributed by atoms with Gasteiger partial charge in [0.15, 0.2) is 0 Å². The second-order valence-electron chi connectivity index (χ2n) is 8.93. The third-order valence-electron chi connectivity index (χ3n) is 6.61. The standard InChI is InChI=1S/C27H28N4O3/c1-18-15-24(19(2)34-18)27(33)31-12-8-22(9-13-31)21-3-5-23(6-4-21)26(32)29-17-20-7-11-30-14-10-28-25(30)16-20/h3-7,10-11,14-16,22H,8-9,12-13,17H2,1-2H3,(H,29,32). The lowest BCUT2D eigenvalue weighted by Crippen LogP contribution is -2.38. The van der Waals surface area contributed by atoms with E-state index in [2.05, 4.69) is 10.3 Å². The first-order chi connectivity index (χ1) is 16.5. The molecule has 34 heavy (non-hydrogen) atoms. The number of aryl methyl sites for hydroxylation is 2. The molecule has 0 unspecified atom stereocenters. The molecule has 174 valence electrons. The summed E-state index contributed by atoms with van der Waals surface area (Å²) in [7, 11) is 0. The van der Waals surface area contributed by atoms with Gasteiger partial charge in [0.05, 0.1) is 5.56 Å². The molecule has 5 rings (SSSR count). The Morgan fingerprint density at radius 3 is 2.53 bits per heavy atom. The Labute approximate surface area is 198 Å². The predicted octanol–water partition coefficient (Wildman–Crippen LogP) is 4.49. The average molecular weight is 457 g/mol. The van der Waals surface area contributed by atoms with Gasteiger partial charge in [0.25, 0.3) is 11.8 Å². The van der Waals surface area contributed by atoms with Crippen LogP contribution in [0.25, 0.3) is 5.65 Å². The maximum atomic E-state index is 12.8. The molecule has 1 fully saturated rings. The van der Waals surface area contributed by atoms with Gasteiger partial charge >= 0.3 is 0 Å². The van der Waals surface area contributed by atoms with E-state index in [0.29, 0.717) is 29.3 Å². The van der Waals surface area contributed by atoms with Crippen molar-refractivity contribution in [3.63, 3.8) is 0 Å². The number of carbonyl (C=O) groups is 2. The monoisotopic (exact) mass is 456 g/mol. The topological polar surface area (TPSA) is 79.9 Å². The molecular formula is C27H28N4O3. The van der Waals surface area contributed by atoms with Crippen LogP contribution in [-0.4, -0.2) is 39.2 Å². The van der Waals surface area contributed by atoms with Crippen LogP contribution in [0.4, 0.5) is 0 Å². The first-order valence-electron chi connectivity index (χ1n) is 11.6. The van der Waals surface area contributed by atoms with Gasteiger partial charge in [-0.15, -0.1) is 0 Å². The van der Waals surface area contributed by atoms with Crippen molar-refractivity contribution in [1.29, 1.82) is 0 Å². The molecule has 0 radical (unpaired) electrons. The van der Waals surface area contributed by atoms with Crippen molar-refractivity contribution >= 4 is 17.5 Å². The quantitative estimate of drug-likeness (QED) is 0.480. The Kier molecular flexibility index (Phi) is 5.92. The fraction of sp³-hybridized carbons (Fsp3) is 0.296. The third kappa shape index (κ3) is 4.46. The number of furan rings is 1. The van der Waals surface area contributed by atoms with Crippen LogP contribution < -0.4 is 5.32 Å². The van der Waals surface area contributed by atoms with Crippen molar-refractivity contribution in [2.45, 2.75) is 39.2 Å². The van der Waals surface area contributed by atoms with Crippen LogP contribution in [-0.2, 0) is 6.54 Å². The minimum atomic E-state index is -0.0963. The third-order valence-corrected chi connectivity index (χ3v) is 6.61. The zero-order chi connectivity index (χ0) is 23.7. The van der Waals surface area contributed by atoms with E-state index >= 15 is 0 Å². The van der Waals surface area contributed by atoms with Crippen molar-refractivity contribution < 1.29 is 14.0 Å². The lowest BCUT2D eigenvalue weighted by atomic mass is 9.88. The SMILES string of the molecule is Cc1cc(C(=O)N2CCC(c3ccc(C(=O)NCc4ccn5ccnc5c4)cc3)CC2)c(C)o1. The summed E-state index contributed by atoms with van der Waals surface area (Å²) in [6, 6.07) is 13.6. The molecule has 0 aliphatic carbocycles. The summed E-state index contributed by atoms with van der Waals surface area (Å²) in [6.45, 7) is 5.58. The molecule has 4 heterocycles. The minimum Gasteiger partial charge on any atom is -0.466 e. The molecule has 2 amide bonds. The Hall–Kier alpha value is -3.87. The number of benzene rings is 1. The molecule has 1 aliphatic rings. The average Bonchev–Trinajstić information content (AvgIpc) is 3.47. The van der Waals surface area contributed by atoms with Crippen molar-refractivity contribution in [3.05, 3.63) is 94.8 Å². The van der Waals surface area contributed by atoms with Gasteiger partial charge in [-0.1, -0.05) is 12.1 Å². The smallest absolute Gasteiger partial charge is 0.257 e. The number of aromatic nitrogens is 2. The van der Waals surface area contributed by atoms with Crippen LogP contribution in [0.5, 0.6) is 0 Å². The van der Waals surface area contributed by atoms with Crippen LogP contribution in [0.3, 0.4) is 0 Å². The number of hydrogen-bond donors (Lipinski definition) is 1. The van der Waals surface area contributed by atoms with Crippen molar-refractivity contribution in [2.75, 3.05) is 13.1 Å². The van der Waals surface area contributed by atoms with Gasteiger partial charge in [0.1, 0.15) is 17.2 Å². The Morgan fingerprint density at radius 2 is 1.82 bits per heavy atom. The maximum absolute atomic E-state index is 12.8. The molecule has 4 aromatic rings. The number of fused-ring (bicyclic) bond motifs is 1. The zero-order valence-corrected chi connectivity index (χ0v) is 19.5. The van der Waals surface area contributed by atoms with Crippen molar-refractivity contribution in [3.8, 4) is 0 Å². The Balaban J connectivity index is 1.15. The number of rotatable bonds is 5. The highest BCUT2D eigenvalue weighted by molar-refractivity contribution is 5.95. The first kappa shape index (κ1) is 21.9. The molecule has 1 aromatic carbocycles. The highest BCUT2D eigenvalue weighted by atomic mass is 16.3. The van der Waals surface area contributed by atoms with Gasteiger partial charge in [-0.25, -0.2) is 4.98 Å². The molecule has 7 heteroatoms. The molecule has 0 atom stereocenters. The van der Waals surface area contributed by atoms with Crippen LogP contribution >= 0.6 is 0 Å². The normalized spacial score (nSPS) is 14.5. The van der Waals surface area contributed by atoms with Crippen LogP contribution in [0.15, 0.2) is 65.5 Å². The van der Waals surface area contributed by atoms with Gasteiger partial charge < -0.3 is 19.0 Å². The second kappa shape index (κ2) is 9.17. The van der Waals surface area contributed by atoms with Gasteiger partial charge in [0, 0.05) is 43.8 Å². The summed E-state index contributed by atoms with van der Waals surface area (Å²) >= 11 is 0. The van der Waals surface area contributed by atoms with Gasteiger partial charge in [-0.05, 0) is 74.1 Å². The lowest BCUT2D eigenvalue weighted by Gasteiger charge is -2.32. The van der Waals surface area contributed by atoms with Gasteiger partial charge in [-0.2, -0.15) is 0 Å². The van der Waals surface area contributed by atoms with Crippen LogP contribution in [0, 0.1) is 13.8 Å². The summed E-state index contributed by atoms with van der Waals surface area (Å²) in [5.74, 6) is 1.78. The summed E-state index contributed by atoms with van der Waals surface area (Å²) < 4.78 is 7.45. The zero-order valence-electron chi connectivity index (χ0n) is 19.5. The van der Waals surface area contributed by atoms with E-state index in [1.54, 1.807) is 6.20 Å². The number of pyridine rings is 1. The molecule has 0 bridgehead atoms. The van der Waals surface area contributed by atoms with E-state index in [9.17, 15) is 9.59 Å². The number of carbonyl (C=O) groups excluding carboxylic acids is 2. The molecule has 0 spiro atoms. The van der Waals surface area contributed by atoms with E-state index < -0.39 is 0 Å². The van der Waals surface area contributed by atoms with Gasteiger partial charge in [0.2, 0.25) is 0 Å². The fourth-order valence-electron chi connectivity index (χ4n) is 4.68. The lowest BCUT2D eigenvalue weighted by molar-refractivity contribution is 0.0711. The van der Waals surface area contributed by atoms with E-state index in [-0.39, 0.29) is 11.8 Å². The van der Waals surface area contributed by atoms with Crippen molar-refractivity contribution in [1.82, 2.24) is 19.6 Å². The van der Waals surface area contributed by atoms with E-state index in [1.165, 1.54) is 5.56 Å². The maximum Gasteiger partial charge on any atom is 0.257 e. The number of imidazole rings is 1. The number of amides is 2. The molecule has 0 saturated carbocycles.